The number of anilines is 2. The summed E-state index contributed by atoms with van der Waals surface area (Å²) in [5, 5.41) is 2.64. The van der Waals surface area contributed by atoms with Gasteiger partial charge in [-0.3, -0.25) is 14.4 Å². The fraction of sp³-hybridized carbons (Fsp3) is 0.400. The van der Waals surface area contributed by atoms with Crippen molar-refractivity contribution in [2.45, 2.75) is 69.4 Å². The topological polar surface area (TPSA) is 104 Å². The van der Waals surface area contributed by atoms with Crippen molar-refractivity contribution in [2.75, 3.05) is 10.2 Å². The average molecular weight is 484 g/mol. The van der Waals surface area contributed by atoms with Gasteiger partial charge in [0.15, 0.2) is 0 Å². The summed E-state index contributed by atoms with van der Waals surface area (Å²) >= 11 is 0. The summed E-state index contributed by atoms with van der Waals surface area (Å²) in [6.07, 6.45) is 3.91. The summed E-state index contributed by atoms with van der Waals surface area (Å²) in [6.45, 7) is 3.27. The van der Waals surface area contributed by atoms with Crippen LogP contribution in [0.1, 0.15) is 51.0 Å². The zero-order valence-corrected chi connectivity index (χ0v) is 20.2. The number of carbonyl (C=O) groups is 3. The van der Waals surface area contributed by atoms with E-state index >= 15 is 0 Å². The third-order valence-electron chi connectivity index (χ3n) is 6.41. The van der Waals surface area contributed by atoms with Gasteiger partial charge in [0.25, 0.3) is 5.91 Å². The largest absolute Gasteiger partial charge is 0.326 e. The van der Waals surface area contributed by atoms with Crippen molar-refractivity contribution in [3.05, 3.63) is 54.1 Å². The van der Waals surface area contributed by atoms with E-state index in [2.05, 4.69) is 5.32 Å². The molecule has 1 saturated carbocycles. The highest BCUT2D eigenvalue weighted by molar-refractivity contribution is 7.89. The number of hydrogen-bond acceptors (Lipinski definition) is 5. The van der Waals surface area contributed by atoms with E-state index in [-0.39, 0.29) is 23.3 Å². The minimum Gasteiger partial charge on any atom is -0.326 e. The summed E-state index contributed by atoms with van der Waals surface area (Å²) < 4.78 is 28.9. The number of sulfonamides is 1. The Morgan fingerprint density at radius 1 is 0.971 bits per heavy atom. The van der Waals surface area contributed by atoms with Gasteiger partial charge in [-0.1, -0.05) is 37.0 Å². The molecule has 2 fully saturated rings. The Balaban J connectivity index is 1.68. The first-order valence-electron chi connectivity index (χ1n) is 11.5. The van der Waals surface area contributed by atoms with Crippen LogP contribution in [0.2, 0.25) is 0 Å². The number of nitrogens with one attached hydrogen (secondary N) is 1. The summed E-state index contributed by atoms with van der Waals surface area (Å²) in [4.78, 5) is 38.9. The molecule has 0 spiro atoms. The summed E-state index contributed by atoms with van der Waals surface area (Å²) in [5.41, 5.74) is 1.82. The monoisotopic (exact) mass is 483 g/mol. The van der Waals surface area contributed by atoms with E-state index in [0.29, 0.717) is 24.2 Å². The number of nitrogens with zero attached hydrogens (tertiary/aromatic N) is 2. The van der Waals surface area contributed by atoms with Crippen LogP contribution < -0.4 is 10.2 Å². The minimum absolute atomic E-state index is 0.127. The zero-order valence-electron chi connectivity index (χ0n) is 19.4. The minimum atomic E-state index is -4.00. The van der Waals surface area contributed by atoms with Crippen molar-refractivity contribution in [1.29, 1.82) is 0 Å². The molecule has 1 aliphatic carbocycles. The van der Waals surface area contributed by atoms with Gasteiger partial charge < -0.3 is 5.32 Å². The molecular weight excluding hydrogens is 454 g/mol. The Morgan fingerprint density at radius 2 is 1.59 bits per heavy atom. The Hall–Kier alpha value is -3.04. The molecule has 4 rings (SSSR count). The molecule has 2 aromatic carbocycles. The standard InChI is InChI=1S/C25H29N3O5S/c1-17-8-14-22(15-9-17)34(32,33)28(21-6-4-3-5-7-21)23-16-24(30)27(25(23)31)20-12-10-19(11-13-20)26-18(2)29/h8-15,21,23H,3-7,16H2,1-2H3,(H,26,29). The lowest BCUT2D eigenvalue weighted by Gasteiger charge is -2.36. The number of aryl methyl sites for hydroxylation is 1. The first kappa shape index (κ1) is 24.1. The predicted molar refractivity (Wildman–Crippen MR) is 129 cm³/mol. The van der Waals surface area contributed by atoms with Gasteiger partial charge in [0.2, 0.25) is 21.8 Å². The third-order valence-corrected chi connectivity index (χ3v) is 8.38. The molecule has 1 saturated heterocycles. The van der Waals surface area contributed by atoms with Gasteiger partial charge in [-0.2, -0.15) is 4.31 Å². The fourth-order valence-corrected chi connectivity index (χ4v) is 6.60. The third kappa shape index (κ3) is 4.76. The van der Waals surface area contributed by atoms with Crippen LogP contribution in [0, 0.1) is 6.92 Å². The Labute approximate surface area is 200 Å². The normalized spacial score (nSPS) is 19.6. The summed E-state index contributed by atoms with van der Waals surface area (Å²) in [5.74, 6) is -1.22. The van der Waals surface area contributed by atoms with E-state index in [9.17, 15) is 22.8 Å². The van der Waals surface area contributed by atoms with Crippen LogP contribution in [0.4, 0.5) is 11.4 Å². The second-order valence-electron chi connectivity index (χ2n) is 8.96. The summed E-state index contributed by atoms with van der Waals surface area (Å²) in [7, 11) is -4.00. The molecule has 1 N–H and O–H groups in total. The number of hydrogen-bond donors (Lipinski definition) is 1. The van der Waals surface area contributed by atoms with Crippen LogP contribution >= 0.6 is 0 Å². The molecule has 0 aromatic heterocycles. The number of imide groups is 1. The molecule has 1 aliphatic heterocycles. The van der Waals surface area contributed by atoms with E-state index in [4.69, 9.17) is 0 Å². The smallest absolute Gasteiger partial charge is 0.252 e. The Kier molecular flexibility index (Phi) is 6.86. The second-order valence-corrected chi connectivity index (χ2v) is 10.8. The molecule has 2 aromatic rings. The molecule has 3 amide bonds. The van der Waals surface area contributed by atoms with E-state index in [1.54, 1.807) is 48.5 Å². The van der Waals surface area contributed by atoms with E-state index < -0.39 is 27.9 Å². The van der Waals surface area contributed by atoms with Crippen LogP contribution in [0.3, 0.4) is 0 Å². The molecule has 9 heteroatoms. The number of rotatable bonds is 6. The average Bonchev–Trinajstić information content (AvgIpc) is 3.08. The lowest BCUT2D eigenvalue weighted by Crippen LogP contribution is -2.51. The molecule has 0 bridgehead atoms. The Bertz CT molecular complexity index is 1190. The Morgan fingerprint density at radius 3 is 2.18 bits per heavy atom. The van der Waals surface area contributed by atoms with Crippen LogP contribution in [-0.4, -0.2) is 42.5 Å². The molecule has 180 valence electrons. The highest BCUT2D eigenvalue weighted by Gasteiger charge is 2.49. The van der Waals surface area contributed by atoms with E-state index in [0.717, 1.165) is 29.7 Å². The van der Waals surface area contributed by atoms with Gasteiger partial charge in [0.05, 0.1) is 17.0 Å². The molecule has 34 heavy (non-hydrogen) atoms. The van der Waals surface area contributed by atoms with Crippen LogP contribution in [0.15, 0.2) is 53.4 Å². The number of carbonyl (C=O) groups excluding carboxylic acids is 3. The van der Waals surface area contributed by atoms with Gasteiger partial charge in [-0.25, -0.2) is 13.3 Å². The maximum atomic E-state index is 13.8. The van der Waals surface area contributed by atoms with Gasteiger partial charge in [0.1, 0.15) is 6.04 Å². The molecule has 1 heterocycles. The van der Waals surface area contributed by atoms with E-state index in [1.165, 1.54) is 11.2 Å². The van der Waals surface area contributed by atoms with Crippen molar-refractivity contribution < 1.29 is 22.8 Å². The highest BCUT2D eigenvalue weighted by Crippen LogP contribution is 2.35. The lowest BCUT2D eigenvalue weighted by atomic mass is 9.94. The van der Waals surface area contributed by atoms with Crippen LogP contribution in [0.25, 0.3) is 0 Å². The van der Waals surface area contributed by atoms with Crippen molar-refractivity contribution in [1.82, 2.24) is 4.31 Å². The van der Waals surface area contributed by atoms with Gasteiger partial charge in [-0.05, 0) is 56.2 Å². The molecular formula is C25H29N3O5S. The highest BCUT2D eigenvalue weighted by atomic mass is 32.2. The predicted octanol–water partition coefficient (Wildman–Crippen LogP) is 3.61. The summed E-state index contributed by atoms with van der Waals surface area (Å²) in [6, 6.07) is 11.5. The molecule has 8 nitrogen and oxygen atoms in total. The second kappa shape index (κ2) is 9.68. The SMILES string of the molecule is CC(=O)Nc1ccc(N2C(=O)CC(N(C3CCCCC3)S(=O)(=O)c3ccc(C)cc3)C2=O)cc1. The molecule has 1 unspecified atom stereocenters. The number of amides is 3. The van der Waals surface area contributed by atoms with Gasteiger partial charge in [-0.15, -0.1) is 0 Å². The zero-order chi connectivity index (χ0) is 24.5. The maximum absolute atomic E-state index is 13.8. The van der Waals surface area contributed by atoms with Crippen molar-refractivity contribution in [3.8, 4) is 0 Å². The van der Waals surface area contributed by atoms with Crippen LogP contribution in [0.5, 0.6) is 0 Å². The maximum Gasteiger partial charge on any atom is 0.252 e. The quantitative estimate of drug-likeness (QED) is 0.632. The number of benzene rings is 2. The van der Waals surface area contributed by atoms with Crippen molar-refractivity contribution >= 4 is 39.1 Å². The van der Waals surface area contributed by atoms with Crippen LogP contribution in [-0.2, 0) is 24.4 Å². The first-order valence-corrected chi connectivity index (χ1v) is 13.0. The first-order chi connectivity index (χ1) is 16.2. The van der Waals surface area contributed by atoms with Crippen molar-refractivity contribution in [2.24, 2.45) is 0 Å². The molecule has 0 radical (unpaired) electrons. The fourth-order valence-electron chi connectivity index (χ4n) is 4.77. The van der Waals surface area contributed by atoms with Gasteiger partial charge >= 0.3 is 0 Å². The van der Waals surface area contributed by atoms with Gasteiger partial charge in [0, 0.05) is 18.7 Å². The molecule has 2 aliphatic rings. The van der Waals surface area contributed by atoms with E-state index in [1.807, 2.05) is 6.92 Å². The lowest BCUT2D eigenvalue weighted by molar-refractivity contribution is -0.122. The molecule has 1 atom stereocenters. The van der Waals surface area contributed by atoms with Crippen molar-refractivity contribution in [3.63, 3.8) is 0 Å².